The number of amides is 1. The third-order valence-electron chi connectivity index (χ3n) is 4.74. The maximum atomic E-state index is 13.0. The van der Waals surface area contributed by atoms with Crippen molar-refractivity contribution in [1.29, 1.82) is 0 Å². The van der Waals surface area contributed by atoms with Gasteiger partial charge in [0.15, 0.2) is 0 Å². The molecule has 3 aromatic rings. The number of hydrogen-bond donors (Lipinski definition) is 2. The first-order valence-electron chi connectivity index (χ1n) is 9.99. The molecule has 0 aliphatic carbocycles. The van der Waals surface area contributed by atoms with Crippen LogP contribution in [0.5, 0.6) is 0 Å². The quantitative estimate of drug-likeness (QED) is 0.513. The van der Waals surface area contributed by atoms with E-state index >= 15 is 0 Å². The van der Waals surface area contributed by atoms with E-state index in [9.17, 15) is 18.0 Å². The van der Waals surface area contributed by atoms with Gasteiger partial charge in [0.05, 0.1) is 28.3 Å². The van der Waals surface area contributed by atoms with Gasteiger partial charge in [0.25, 0.3) is 15.9 Å². The van der Waals surface area contributed by atoms with Crippen LogP contribution in [-0.4, -0.2) is 26.9 Å². The number of rotatable bonds is 7. The number of nitrogens with one attached hydrogen (secondary N) is 2. The van der Waals surface area contributed by atoms with Crippen LogP contribution in [0.15, 0.2) is 71.6 Å². The van der Waals surface area contributed by atoms with Crippen molar-refractivity contribution in [2.45, 2.75) is 25.7 Å². The summed E-state index contributed by atoms with van der Waals surface area (Å²) in [4.78, 5) is 25.1. The standard InChI is InChI=1S/C24H24N2O5S/c1-4-31-24(28)18-12-11-17(3)22(15-18)25-23(27)20-7-5-6-8-21(20)26-32(29,30)19-13-9-16(2)10-14-19/h5-15,26H,4H2,1-3H3,(H,25,27). The average molecular weight is 453 g/mol. The van der Waals surface area contributed by atoms with Crippen molar-refractivity contribution in [1.82, 2.24) is 0 Å². The molecule has 166 valence electrons. The van der Waals surface area contributed by atoms with E-state index in [0.29, 0.717) is 11.3 Å². The Morgan fingerprint density at radius 3 is 2.28 bits per heavy atom. The lowest BCUT2D eigenvalue weighted by atomic mass is 10.1. The van der Waals surface area contributed by atoms with E-state index in [0.717, 1.165) is 11.1 Å². The van der Waals surface area contributed by atoms with E-state index in [-0.39, 0.29) is 22.8 Å². The monoisotopic (exact) mass is 452 g/mol. The number of aryl methyl sites for hydroxylation is 2. The van der Waals surface area contributed by atoms with Crippen molar-refractivity contribution in [3.8, 4) is 0 Å². The molecular weight excluding hydrogens is 428 g/mol. The summed E-state index contributed by atoms with van der Waals surface area (Å²) < 4.78 is 33.1. The van der Waals surface area contributed by atoms with Gasteiger partial charge in [-0.15, -0.1) is 0 Å². The van der Waals surface area contributed by atoms with E-state index < -0.39 is 21.9 Å². The Bertz CT molecular complexity index is 1250. The Kier molecular flexibility index (Phi) is 6.95. The van der Waals surface area contributed by atoms with Crippen molar-refractivity contribution in [2.24, 2.45) is 0 Å². The number of carbonyl (C=O) groups is 2. The summed E-state index contributed by atoms with van der Waals surface area (Å²) in [6, 6.07) is 17.6. The number of anilines is 2. The summed E-state index contributed by atoms with van der Waals surface area (Å²) in [5.74, 6) is -1.01. The molecule has 0 aliphatic heterocycles. The second-order valence-electron chi connectivity index (χ2n) is 7.17. The Labute approximate surface area is 187 Å². The van der Waals surface area contributed by atoms with Gasteiger partial charge in [-0.2, -0.15) is 0 Å². The molecule has 3 aromatic carbocycles. The molecule has 0 heterocycles. The average Bonchev–Trinajstić information content (AvgIpc) is 2.75. The van der Waals surface area contributed by atoms with Crippen LogP contribution in [0.1, 0.15) is 38.8 Å². The van der Waals surface area contributed by atoms with Gasteiger partial charge in [-0.1, -0.05) is 35.9 Å². The summed E-state index contributed by atoms with van der Waals surface area (Å²) in [5, 5.41) is 2.76. The lowest BCUT2D eigenvalue weighted by Crippen LogP contribution is -2.19. The zero-order valence-corrected chi connectivity index (χ0v) is 18.8. The minimum absolute atomic E-state index is 0.0938. The number of esters is 1. The molecule has 1 amide bonds. The van der Waals surface area contributed by atoms with E-state index in [4.69, 9.17) is 4.74 Å². The molecule has 7 nitrogen and oxygen atoms in total. The number of benzene rings is 3. The zero-order chi connectivity index (χ0) is 23.3. The van der Waals surface area contributed by atoms with E-state index in [1.807, 2.05) is 6.92 Å². The highest BCUT2D eigenvalue weighted by atomic mass is 32.2. The number of carbonyl (C=O) groups excluding carboxylic acids is 2. The van der Waals surface area contributed by atoms with Gasteiger partial charge in [0, 0.05) is 5.69 Å². The normalized spacial score (nSPS) is 11.0. The third kappa shape index (κ3) is 5.33. The van der Waals surface area contributed by atoms with Crippen molar-refractivity contribution in [3.05, 3.63) is 89.0 Å². The molecule has 32 heavy (non-hydrogen) atoms. The summed E-state index contributed by atoms with van der Waals surface area (Å²) in [5.41, 5.74) is 2.69. The maximum Gasteiger partial charge on any atom is 0.338 e. The van der Waals surface area contributed by atoms with Crippen molar-refractivity contribution in [3.63, 3.8) is 0 Å². The summed E-state index contributed by atoms with van der Waals surface area (Å²) >= 11 is 0. The molecule has 0 atom stereocenters. The summed E-state index contributed by atoms with van der Waals surface area (Å²) in [6.07, 6.45) is 0. The molecule has 2 N–H and O–H groups in total. The van der Waals surface area contributed by atoms with Crippen LogP contribution in [0.3, 0.4) is 0 Å². The lowest BCUT2D eigenvalue weighted by molar-refractivity contribution is 0.0526. The van der Waals surface area contributed by atoms with Gasteiger partial charge in [0.1, 0.15) is 0 Å². The number of hydrogen-bond acceptors (Lipinski definition) is 5. The van der Waals surface area contributed by atoms with E-state index in [1.165, 1.54) is 30.3 Å². The Morgan fingerprint density at radius 1 is 0.906 bits per heavy atom. The van der Waals surface area contributed by atoms with E-state index in [1.54, 1.807) is 50.2 Å². The van der Waals surface area contributed by atoms with Crippen LogP contribution >= 0.6 is 0 Å². The molecule has 0 fully saturated rings. The van der Waals surface area contributed by atoms with E-state index in [2.05, 4.69) is 10.0 Å². The minimum Gasteiger partial charge on any atom is -0.462 e. The van der Waals surface area contributed by atoms with Gasteiger partial charge in [-0.25, -0.2) is 13.2 Å². The molecule has 0 unspecified atom stereocenters. The molecule has 0 bridgehead atoms. The van der Waals surface area contributed by atoms with Crippen LogP contribution in [0.2, 0.25) is 0 Å². The Hall–Kier alpha value is -3.65. The van der Waals surface area contributed by atoms with Gasteiger partial charge < -0.3 is 10.1 Å². The van der Waals surface area contributed by atoms with Gasteiger partial charge in [-0.05, 0) is 62.7 Å². The molecule has 3 rings (SSSR count). The van der Waals surface area contributed by atoms with Crippen LogP contribution in [0, 0.1) is 13.8 Å². The van der Waals surface area contributed by atoms with Crippen LogP contribution in [-0.2, 0) is 14.8 Å². The van der Waals surface area contributed by atoms with Crippen LogP contribution in [0.4, 0.5) is 11.4 Å². The molecule has 8 heteroatoms. The predicted molar refractivity (Wildman–Crippen MR) is 124 cm³/mol. The highest BCUT2D eigenvalue weighted by Crippen LogP contribution is 2.23. The zero-order valence-electron chi connectivity index (χ0n) is 18.0. The van der Waals surface area contributed by atoms with Gasteiger partial charge >= 0.3 is 5.97 Å². The SMILES string of the molecule is CCOC(=O)c1ccc(C)c(NC(=O)c2ccccc2NS(=O)(=O)c2ccc(C)cc2)c1. The second kappa shape index (κ2) is 9.65. The first-order valence-corrected chi connectivity index (χ1v) is 11.5. The highest BCUT2D eigenvalue weighted by molar-refractivity contribution is 7.92. The fraction of sp³-hybridized carbons (Fsp3) is 0.167. The fourth-order valence-electron chi connectivity index (χ4n) is 2.98. The number of ether oxygens (including phenoxy) is 1. The van der Waals surface area contributed by atoms with Crippen molar-refractivity contribution in [2.75, 3.05) is 16.6 Å². The number of sulfonamides is 1. The smallest absolute Gasteiger partial charge is 0.338 e. The van der Waals surface area contributed by atoms with Crippen LogP contribution in [0.25, 0.3) is 0 Å². The fourth-order valence-corrected chi connectivity index (χ4v) is 4.06. The molecule has 0 spiro atoms. The Morgan fingerprint density at radius 2 is 1.59 bits per heavy atom. The van der Waals surface area contributed by atoms with Crippen molar-refractivity contribution < 1.29 is 22.7 Å². The maximum absolute atomic E-state index is 13.0. The summed E-state index contributed by atoms with van der Waals surface area (Å²) in [6.45, 7) is 5.60. The number of para-hydroxylation sites is 1. The van der Waals surface area contributed by atoms with Gasteiger partial charge in [-0.3, -0.25) is 9.52 Å². The molecular formula is C24H24N2O5S. The topological polar surface area (TPSA) is 102 Å². The van der Waals surface area contributed by atoms with Gasteiger partial charge in [0.2, 0.25) is 0 Å². The molecule has 0 aromatic heterocycles. The molecule has 0 aliphatic rings. The Balaban J connectivity index is 1.87. The predicted octanol–water partition coefficient (Wildman–Crippen LogP) is 4.53. The lowest BCUT2D eigenvalue weighted by Gasteiger charge is -2.14. The minimum atomic E-state index is -3.88. The second-order valence-corrected chi connectivity index (χ2v) is 8.85. The highest BCUT2D eigenvalue weighted by Gasteiger charge is 2.19. The third-order valence-corrected chi connectivity index (χ3v) is 6.13. The first-order chi connectivity index (χ1) is 15.2. The van der Waals surface area contributed by atoms with Crippen molar-refractivity contribution >= 4 is 33.3 Å². The summed E-state index contributed by atoms with van der Waals surface area (Å²) in [7, 11) is -3.88. The largest absolute Gasteiger partial charge is 0.462 e. The molecule has 0 saturated heterocycles. The first kappa shape index (κ1) is 23.0. The van der Waals surface area contributed by atoms with Crippen LogP contribution < -0.4 is 10.0 Å². The molecule has 0 saturated carbocycles. The molecule has 0 radical (unpaired) electrons.